The Balaban J connectivity index is 1.43. The van der Waals surface area contributed by atoms with Crippen molar-refractivity contribution in [3.63, 3.8) is 0 Å². The van der Waals surface area contributed by atoms with Gasteiger partial charge in [-0.2, -0.15) is 5.10 Å². The number of benzene rings is 1. The number of aromatic nitrogens is 3. The molecule has 7 nitrogen and oxygen atoms in total. The number of pyridine rings is 1. The number of piperidine rings is 1. The van der Waals surface area contributed by atoms with Gasteiger partial charge < -0.3 is 14.4 Å². The van der Waals surface area contributed by atoms with Gasteiger partial charge in [-0.25, -0.2) is 4.39 Å². The number of allylic oxidation sites excluding steroid dienone is 2. The van der Waals surface area contributed by atoms with E-state index in [1.54, 1.807) is 18.3 Å². The second-order valence-electron chi connectivity index (χ2n) is 8.65. The van der Waals surface area contributed by atoms with Crippen LogP contribution < -0.4 is 4.74 Å². The van der Waals surface area contributed by atoms with Crippen molar-refractivity contribution in [1.29, 1.82) is 0 Å². The molecule has 1 fully saturated rings. The molecule has 1 saturated heterocycles. The highest BCUT2D eigenvalue weighted by atomic mass is 19.1. The first-order valence-electron chi connectivity index (χ1n) is 11.7. The van der Waals surface area contributed by atoms with Gasteiger partial charge in [0.15, 0.2) is 6.17 Å². The first-order chi connectivity index (χ1) is 17.1. The Morgan fingerprint density at radius 2 is 2.09 bits per heavy atom. The van der Waals surface area contributed by atoms with Crippen LogP contribution in [0.25, 0.3) is 22.2 Å². The summed E-state index contributed by atoms with van der Waals surface area (Å²) < 4.78 is 27.3. The van der Waals surface area contributed by atoms with Gasteiger partial charge in [0.2, 0.25) is 5.91 Å². The van der Waals surface area contributed by atoms with Crippen LogP contribution in [0.15, 0.2) is 79.4 Å². The molecule has 3 heterocycles. The SMILES string of the molecule is C=CC(=O)N1CCC[C@@H](n2nc(-c3ccc(OC4=CC=C[C@@H](F)C4OC)cc3)c3cnccc32)C1. The van der Waals surface area contributed by atoms with Crippen LogP contribution in [0.1, 0.15) is 18.9 Å². The molecule has 0 bridgehead atoms. The average Bonchev–Trinajstić information content (AvgIpc) is 3.29. The number of rotatable bonds is 6. The number of amides is 1. The second kappa shape index (κ2) is 9.84. The molecule has 1 aromatic carbocycles. The third kappa shape index (κ3) is 4.49. The molecular weight excluding hydrogens is 447 g/mol. The summed E-state index contributed by atoms with van der Waals surface area (Å²) in [4.78, 5) is 18.3. The number of carbonyl (C=O) groups is 1. The molecule has 5 rings (SSSR count). The van der Waals surface area contributed by atoms with Crippen LogP contribution in [0.3, 0.4) is 0 Å². The van der Waals surface area contributed by atoms with Crippen LogP contribution in [0.5, 0.6) is 5.75 Å². The predicted octanol–water partition coefficient (Wildman–Crippen LogP) is 4.63. The van der Waals surface area contributed by atoms with Gasteiger partial charge in [-0.05, 0) is 61.4 Å². The largest absolute Gasteiger partial charge is 0.459 e. The van der Waals surface area contributed by atoms with Crippen LogP contribution in [-0.2, 0) is 9.53 Å². The van der Waals surface area contributed by atoms with Crippen LogP contribution in [0.4, 0.5) is 4.39 Å². The smallest absolute Gasteiger partial charge is 0.246 e. The van der Waals surface area contributed by atoms with Crippen LogP contribution in [-0.4, -0.2) is 58.0 Å². The summed E-state index contributed by atoms with van der Waals surface area (Å²) in [6.45, 7) is 4.94. The van der Waals surface area contributed by atoms with Gasteiger partial charge >= 0.3 is 0 Å². The van der Waals surface area contributed by atoms with Crippen LogP contribution >= 0.6 is 0 Å². The fourth-order valence-corrected chi connectivity index (χ4v) is 4.72. The topological polar surface area (TPSA) is 69.5 Å². The summed E-state index contributed by atoms with van der Waals surface area (Å²) in [5, 5.41) is 5.90. The number of hydrogen-bond donors (Lipinski definition) is 0. The number of likely N-dealkylation sites (tertiary alicyclic amines) is 1. The molecule has 0 N–H and O–H groups in total. The lowest BCUT2D eigenvalue weighted by molar-refractivity contribution is -0.127. The van der Waals surface area contributed by atoms with Crippen molar-refractivity contribution in [2.24, 2.45) is 0 Å². The van der Waals surface area contributed by atoms with Crippen molar-refractivity contribution in [2.45, 2.75) is 31.2 Å². The molecule has 2 aliphatic rings. The molecule has 1 aliphatic carbocycles. The van der Waals surface area contributed by atoms with Crippen molar-refractivity contribution in [1.82, 2.24) is 19.7 Å². The quantitative estimate of drug-likeness (QED) is 0.487. The summed E-state index contributed by atoms with van der Waals surface area (Å²) in [7, 11) is 1.46. The molecule has 2 aromatic heterocycles. The molecule has 1 amide bonds. The Labute approximate surface area is 203 Å². The highest BCUT2D eigenvalue weighted by molar-refractivity contribution is 5.93. The second-order valence-corrected chi connectivity index (χ2v) is 8.65. The number of methoxy groups -OCH3 is 1. The Kier molecular flexibility index (Phi) is 6.46. The standard InChI is InChI=1S/C27H27FN4O3/c1-3-25(33)31-15-5-6-19(17-31)32-23-13-14-29-16-21(23)26(30-32)18-9-11-20(12-10-18)35-24-8-4-7-22(28)27(24)34-2/h3-4,7-14,16,19,22,27H,1,5-6,15,17H2,2H3/t19-,22-,27?/m1/s1. The fraction of sp³-hybridized carbons (Fsp3) is 0.296. The summed E-state index contributed by atoms with van der Waals surface area (Å²) in [5.41, 5.74) is 2.70. The van der Waals surface area contributed by atoms with Crippen LogP contribution in [0.2, 0.25) is 0 Å². The molecule has 3 aromatic rings. The van der Waals surface area contributed by atoms with Gasteiger partial charge in [-0.3, -0.25) is 14.5 Å². The Morgan fingerprint density at radius 3 is 2.86 bits per heavy atom. The van der Waals surface area contributed by atoms with Gasteiger partial charge in [0.05, 0.1) is 11.6 Å². The van der Waals surface area contributed by atoms with E-state index < -0.39 is 12.3 Å². The minimum Gasteiger partial charge on any atom is -0.459 e. The Morgan fingerprint density at radius 1 is 1.26 bits per heavy atom. The van der Waals surface area contributed by atoms with E-state index in [4.69, 9.17) is 14.6 Å². The average molecular weight is 475 g/mol. The summed E-state index contributed by atoms with van der Waals surface area (Å²) in [6, 6.07) is 9.55. The maximum Gasteiger partial charge on any atom is 0.246 e. The molecule has 0 saturated carbocycles. The number of halogens is 1. The number of fused-ring (bicyclic) bond motifs is 1. The lowest BCUT2D eigenvalue weighted by Gasteiger charge is -2.32. The normalized spacial score (nSPS) is 22.2. The van der Waals surface area contributed by atoms with E-state index in [0.717, 1.165) is 41.5 Å². The summed E-state index contributed by atoms with van der Waals surface area (Å²) in [5.74, 6) is 0.948. The molecular formula is C27H27FN4O3. The van der Waals surface area contributed by atoms with Crippen molar-refractivity contribution in [3.05, 3.63) is 79.4 Å². The minimum atomic E-state index is -1.25. The third-order valence-corrected chi connectivity index (χ3v) is 6.48. The highest BCUT2D eigenvalue weighted by Gasteiger charge is 2.28. The molecule has 3 atom stereocenters. The zero-order valence-electron chi connectivity index (χ0n) is 19.5. The summed E-state index contributed by atoms with van der Waals surface area (Å²) >= 11 is 0. The molecule has 180 valence electrons. The van der Waals surface area contributed by atoms with E-state index in [0.29, 0.717) is 18.1 Å². The van der Waals surface area contributed by atoms with Gasteiger partial charge in [-0.1, -0.05) is 12.7 Å². The van der Waals surface area contributed by atoms with Crippen molar-refractivity contribution in [3.8, 4) is 17.0 Å². The van der Waals surface area contributed by atoms with E-state index in [2.05, 4.69) is 11.6 Å². The molecule has 0 radical (unpaired) electrons. The zero-order valence-corrected chi connectivity index (χ0v) is 19.5. The monoisotopic (exact) mass is 474 g/mol. The number of alkyl halides is 1. The first-order valence-corrected chi connectivity index (χ1v) is 11.7. The Bertz CT molecular complexity index is 1300. The van der Waals surface area contributed by atoms with Crippen molar-refractivity contribution < 1.29 is 18.7 Å². The van der Waals surface area contributed by atoms with Gasteiger partial charge in [0.25, 0.3) is 0 Å². The Hall–Kier alpha value is -3.78. The number of hydrogen-bond acceptors (Lipinski definition) is 5. The molecule has 0 spiro atoms. The summed E-state index contributed by atoms with van der Waals surface area (Å²) in [6.07, 6.45) is 9.55. The predicted molar refractivity (Wildman–Crippen MR) is 132 cm³/mol. The molecule has 1 unspecified atom stereocenters. The lowest BCUT2D eigenvalue weighted by atomic mass is 10.1. The van der Waals surface area contributed by atoms with Crippen LogP contribution in [0, 0.1) is 0 Å². The van der Waals surface area contributed by atoms with E-state index in [1.807, 2.05) is 46.1 Å². The van der Waals surface area contributed by atoms with E-state index in [9.17, 15) is 9.18 Å². The van der Waals surface area contributed by atoms with Crippen molar-refractivity contribution >= 4 is 16.8 Å². The lowest BCUT2D eigenvalue weighted by Crippen LogP contribution is -2.40. The highest BCUT2D eigenvalue weighted by Crippen LogP contribution is 2.33. The maximum atomic E-state index is 14.1. The maximum absolute atomic E-state index is 14.1. The van der Waals surface area contributed by atoms with E-state index in [-0.39, 0.29) is 11.9 Å². The first kappa shape index (κ1) is 23.0. The van der Waals surface area contributed by atoms with Gasteiger partial charge in [0.1, 0.15) is 23.3 Å². The zero-order chi connectivity index (χ0) is 24.4. The molecule has 35 heavy (non-hydrogen) atoms. The third-order valence-electron chi connectivity index (χ3n) is 6.48. The number of carbonyl (C=O) groups excluding carboxylic acids is 1. The van der Waals surface area contributed by atoms with E-state index >= 15 is 0 Å². The van der Waals surface area contributed by atoms with Gasteiger partial charge in [-0.15, -0.1) is 0 Å². The number of ether oxygens (including phenoxy) is 2. The van der Waals surface area contributed by atoms with E-state index in [1.165, 1.54) is 19.3 Å². The molecule has 1 aliphatic heterocycles. The fourth-order valence-electron chi connectivity index (χ4n) is 4.72. The minimum absolute atomic E-state index is 0.0537. The van der Waals surface area contributed by atoms with Crippen molar-refractivity contribution in [2.75, 3.05) is 20.2 Å². The molecule has 8 heteroatoms. The van der Waals surface area contributed by atoms with Gasteiger partial charge in [0, 0.05) is 43.5 Å². The number of nitrogens with zero attached hydrogens (tertiary/aromatic N) is 4.